The van der Waals surface area contributed by atoms with Crippen LogP contribution in [-0.4, -0.2) is 4.57 Å². The van der Waals surface area contributed by atoms with Crippen molar-refractivity contribution in [2.24, 2.45) is 0 Å². The molecule has 0 saturated carbocycles. The first-order valence-electron chi connectivity index (χ1n) is 19.2. The molecule has 2 heteroatoms. The van der Waals surface area contributed by atoms with Crippen LogP contribution in [-0.2, 0) is 0 Å². The summed E-state index contributed by atoms with van der Waals surface area (Å²) in [5.41, 5.74) is 16.2. The van der Waals surface area contributed by atoms with Crippen LogP contribution in [0.15, 0.2) is 231 Å². The molecule has 0 N–H and O–H groups in total. The minimum Gasteiger partial charge on any atom is -0.310 e. The lowest BCUT2D eigenvalue weighted by atomic mass is 9.93. The fourth-order valence-electron chi connectivity index (χ4n) is 8.17. The Balaban J connectivity index is 1.21. The summed E-state index contributed by atoms with van der Waals surface area (Å²) in [4.78, 5) is 2.40. The minimum atomic E-state index is 1.08. The molecule has 2 nitrogen and oxygen atoms in total. The van der Waals surface area contributed by atoms with Crippen LogP contribution in [0.25, 0.3) is 72.0 Å². The van der Waals surface area contributed by atoms with Crippen LogP contribution < -0.4 is 4.90 Å². The van der Waals surface area contributed by atoms with E-state index in [0.717, 1.165) is 33.9 Å². The highest BCUT2D eigenvalue weighted by Gasteiger charge is 2.21. The molecule has 9 aromatic carbocycles. The van der Waals surface area contributed by atoms with Crippen molar-refractivity contribution >= 4 is 38.9 Å². The number of aromatic nitrogens is 1. The molecule has 0 fully saturated rings. The Morgan fingerprint density at radius 2 is 0.661 bits per heavy atom. The minimum absolute atomic E-state index is 1.08. The van der Waals surface area contributed by atoms with Gasteiger partial charge in [-0.1, -0.05) is 176 Å². The van der Waals surface area contributed by atoms with Crippen LogP contribution in [0.1, 0.15) is 0 Å². The topological polar surface area (TPSA) is 8.17 Å². The number of hydrogen-bond acceptors (Lipinski definition) is 1. The molecule has 264 valence electrons. The predicted octanol–water partition coefficient (Wildman–Crippen LogP) is 14.9. The van der Waals surface area contributed by atoms with Gasteiger partial charge < -0.3 is 9.47 Å². The predicted molar refractivity (Wildman–Crippen MR) is 237 cm³/mol. The van der Waals surface area contributed by atoms with Crippen molar-refractivity contribution < 1.29 is 0 Å². The molecule has 0 aliphatic rings. The van der Waals surface area contributed by atoms with Crippen LogP contribution in [0, 0.1) is 0 Å². The van der Waals surface area contributed by atoms with Gasteiger partial charge in [-0.15, -0.1) is 0 Å². The third-order valence-electron chi connectivity index (χ3n) is 10.8. The maximum absolute atomic E-state index is 2.43. The number of para-hydroxylation sites is 2. The molecule has 1 aromatic heterocycles. The number of rotatable bonds is 8. The van der Waals surface area contributed by atoms with Gasteiger partial charge in [-0.2, -0.15) is 0 Å². The van der Waals surface area contributed by atoms with E-state index in [1.807, 2.05) is 0 Å². The van der Waals surface area contributed by atoms with E-state index in [0.29, 0.717) is 0 Å². The normalized spacial score (nSPS) is 11.2. The lowest BCUT2D eigenvalue weighted by Gasteiger charge is -2.28. The highest BCUT2D eigenvalue weighted by atomic mass is 15.1. The molecular formula is C54H38N2. The van der Waals surface area contributed by atoms with E-state index in [1.165, 1.54) is 55.2 Å². The molecule has 0 unspecified atom stereocenters. The third-order valence-corrected chi connectivity index (χ3v) is 10.8. The smallest absolute Gasteiger partial charge is 0.0542 e. The molecule has 0 radical (unpaired) electrons. The zero-order valence-electron chi connectivity index (χ0n) is 30.8. The van der Waals surface area contributed by atoms with Crippen LogP contribution in [0.2, 0.25) is 0 Å². The molecular weight excluding hydrogens is 677 g/mol. The van der Waals surface area contributed by atoms with Crippen molar-refractivity contribution in [2.75, 3.05) is 4.90 Å². The van der Waals surface area contributed by atoms with Gasteiger partial charge in [0, 0.05) is 33.4 Å². The molecule has 0 spiro atoms. The van der Waals surface area contributed by atoms with Crippen molar-refractivity contribution in [1.82, 2.24) is 4.57 Å². The van der Waals surface area contributed by atoms with Gasteiger partial charge in [-0.25, -0.2) is 0 Å². The van der Waals surface area contributed by atoms with E-state index in [4.69, 9.17) is 0 Å². The van der Waals surface area contributed by atoms with Crippen molar-refractivity contribution in [3.8, 4) is 50.2 Å². The molecule has 10 aromatic rings. The number of nitrogens with zero attached hydrogens (tertiary/aromatic N) is 2. The summed E-state index contributed by atoms with van der Waals surface area (Å²) in [6.07, 6.45) is 0. The summed E-state index contributed by atoms with van der Waals surface area (Å²) in [6, 6.07) is 83.1. The Morgan fingerprint density at radius 1 is 0.268 bits per heavy atom. The molecule has 10 rings (SSSR count). The third kappa shape index (κ3) is 6.04. The largest absolute Gasteiger partial charge is 0.310 e. The molecule has 0 aliphatic carbocycles. The zero-order valence-corrected chi connectivity index (χ0v) is 30.8. The Bertz CT molecular complexity index is 2880. The molecule has 0 bridgehead atoms. The summed E-state index contributed by atoms with van der Waals surface area (Å²) < 4.78 is 2.43. The number of fused-ring (bicyclic) bond motifs is 3. The standard InChI is InChI=1S/C54H38N2/c1-5-17-39(18-6-1)40-29-31-44(32-30-40)55(45-33-35-47(41-19-7-2-8-20-41)50(37-45)42-21-9-3-10-22-42)46-34-36-54(51(38-46)43-23-11-4-12-24-43)56-52-27-15-13-25-48(52)49-26-14-16-28-53(49)56/h1-38H. The number of benzene rings is 9. The van der Waals surface area contributed by atoms with Crippen molar-refractivity contribution in [1.29, 1.82) is 0 Å². The first kappa shape index (κ1) is 33.2. The monoisotopic (exact) mass is 714 g/mol. The van der Waals surface area contributed by atoms with Gasteiger partial charge in [-0.3, -0.25) is 0 Å². The molecule has 0 saturated heterocycles. The first-order valence-corrected chi connectivity index (χ1v) is 19.2. The molecule has 0 atom stereocenters. The first-order chi connectivity index (χ1) is 27.8. The van der Waals surface area contributed by atoms with Gasteiger partial charge in [0.15, 0.2) is 0 Å². The lowest BCUT2D eigenvalue weighted by Crippen LogP contribution is -2.11. The fraction of sp³-hybridized carbons (Fsp3) is 0. The fourth-order valence-corrected chi connectivity index (χ4v) is 8.17. The second-order valence-electron chi connectivity index (χ2n) is 14.1. The molecule has 0 amide bonds. The van der Waals surface area contributed by atoms with Gasteiger partial charge >= 0.3 is 0 Å². The Morgan fingerprint density at radius 3 is 1.21 bits per heavy atom. The Labute approximate surface area is 327 Å². The number of anilines is 3. The molecule has 1 heterocycles. The van der Waals surface area contributed by atoms with Crippen molar-refractivity contribution in [3.63, 3.8) is 0 Å². The zero-order chi connectivity index (χ0) is 37.3. The second kappa shape index (κ2) is 14.4. The highest BCUT2D eigenvalue weighted by molar-refractivity contribution is 6.10. The van der Waals surface area contributed by atoms with Crippen LogP contribution in [0.5, 0.6) is 0 Å². The van der Waals surface area contributed by atoms with Gasteiger partial charge in [0.1, 0.15) is 0 Å². The maximum Gasteiger partial charge on any atom is 0.0542 e. The average molecular weight is 715 g/mol. The van der Waals surface area contributed by atoms with E-state index in [9.17, 15) is 0 Å². The van der Waals surface area contributed by atoms with Gasteiger partial charge in [0.25, 0.3) is 0 Å². The average Bonchev–Trinajstić information content (AvgIpc) is 3.62. The van der Waals surface area contributed by atoms with Crippen molar-refractivity contribution in [2.45, 2.75) is 0 Å². The van der Waals surface area contributed by atoms with Crippen molar-refractivity contribution in [3.05, 3.63) is 231 Å². The maximum atomic E-state index is 2.43. The van der Waals surface area contributed by atoms with E-state index < -0.39 is 0 Å². The summed E-state index contributed by atoms with van der Waals surface area (Å²) in [5, 5.41) is 2.50. The van der Waals surface area contributed by atoms with Gasteiger partial charge in [0.05, 0.1) is 16.7 Å². The van der Waals surface area contributed by atoms with Gasteiger partial charge in [-0.05, 0) is 93.5 Å². The molecule has 0 aliphatic heterocycles. The Hall–Kier alpha value is -7.42. The van der Waals surface area contributed by atoms with Crippen LogP contribution >= 0.6 is 0 Å². The van der Waals surface area contributed by atoms with Gasteiger partial charge in [0.2, 0.25) is 0 Å². The van der Waals surface area contributed by atoms with E-state index in [-0.39, 0.29) is 0 Å². The summed E-state index contributed by atoms with van der Waals surface area (Å²) in [6.45, 7) is 0. The highest BCUT2D eigenvalue weighted by Crippen LogP contribution is 2.44. The second-order valence-corrected chi connectivity index (χ2v) is 14.1. The van der Waals surface area contributed by atoms with Crippen LogP contribution in [0.4, 0.5) is 17.1 Å². The summed E-state index contributed by atoms with van der Waals surface area (Å²) >= 11 is 0. The molecule has 56 heavy (non-hydrogen) atoms. The van der Waals surface area contributed by atoms with E-state index in [1.54, 1.807) is 0 Å². The summed E-state index contributed by atoms with van der Waals surface area (Å²) in [5.74, 6) is 0. The van der Waals surface area contributed by atoms with E-state index >= 15 is 0 Å². The SMILES string of the molecule is c1ccc(-c2ccc(N(c3ccc(-c4ccccc4)c(-c4ccccc4)c3)c3ccc(-n4c5ccccc5c5ccccc54)c(-c4ccccc4)c3)cc2)cc1. The Kier molecular flexibility index (Phi) is 8.55. The van der Waals surface area contributed by atoms with Crippen LogP contribution in [0.3, 0.4) is 0 Å². The van der Waals surface area contributed by atoms with E-state index in [2.05, 4.69) is 240 Å². The number of hydrogen-bond donors (Lipinski definition) is 0. The summed E-state index contributed by atoms with van der Waals surface area (Å²) in [7, 11) is 0. The lowest BCUT2D eigenvalue weighted by molar-refractivity contribution is 1.17. The quantitative estimate of drug-likeness (QED) is 0.152.